The molecule has 0 aliphatic rings. The molecule has 0 saturated carbocycles. The molecule has 92 valence electrons. The van der Waals surface area contributed by atoms with E-state index in [2.05, 4.69) is 32.9 Å². The Balaban J connectivity index is 2.35. The van der Waals surface area contributed by atoms with Gasteiger partial charge >= 0.3 is 5.97 Å². The smallest absolute Gasteiger partial charge is 0.337 e. The molecule has 6 heteroatoms. The number of nitrogens with one attached hydrogen (secondary N) is 1. The van der Waals surface area contributed by atoms with Crippen LogP contribution in [-0.2, 0) is 0 Å². The van der Waals surface area contributed by atoms with Gasteiger partial charge in [-0.15, -0.1) is 0 Å². The Morgan fingerprint density at radius 3 is 2.83 bits per heavy atom. The lowest BCUT2D eigenvalue weighted by molar-refractivity contribution is 0.0698. The summed E-state index contributed by atoms with van der Waals surface area (Å²) in [5.74, 6) is -0.725. The number of aromatic nitrogens is 1. The number of carboxylic acids is 1. The number of hydrogen-bond donors (Lipinski definition) is 3. The van der Waals surface area contributed by atoms with E-state index in [1.54, 1.807) is 0 Å². The van der Waals surface area contributed by atoms with Crippen LogP contribution in [0.25, 0.3) is 0 Å². The first-order chi connectivity index (χ1) is 8.58. The van der Waals surface area contributed by atoms with E-state index in [0.29, 0.717) is 5.82 Å². The molecule has 0 saturated heterocycles. The number of benzene rings is 1. The first-order valence-corrected chi connectivity index (χ1v) is 6.16. The SMILES string of the molecule is Nc1c(C(=O)O)ccnc1Nc1cccc(I)c1. The fraction of sp³-hybridized carbons (Fsp3) is 0. The first kappa shape index (κ1) is 12.6. The number of nitrogens with zero attached hydrogens (tertiary/aromatic N) is 1. The lowest BCUT2D eigenvalue weighted by Gasteiger charge is -2.10. The van der Waals surface area contributed by atoms with Crippen LogP contribution in [0.1, 0.15) is 10.4 Å². The molecule has 5 nitrogen and oxygen atoms in total. The maximum Gasteiger partial charge on any atom is 0.337 e. The van der Waals surface area contributed by atoms with Gasteiger partial charge < -0.3 is 16.2 Å². The van der Waals surface area contributed by atoms with E-state index in [1.807, 2.05) is 24.3 Å². The van der Waals surface area contributed by atoms with Gasteiger partial charge in [0.2, 0.25) is 0 Å². The van der Waals surface area contributed by atoms with Crippen molar-refractivity contribution in [2.24, 2.45) is 0 Å². The molecule has 0 spiro atoms. The molecule has 2 aromatic rings. The highest BCUT2D eigenvalue weighted by Crippen LogP contribution is 2.24. The van der Waals surface area contributed by atoms with E-state index in [9.17, 15) is 4.79 Å². The molecule has 1 aromatic heterocycles. The van der Waals surface area contributed by atoms with Crippen LogP contribution in [0.5, 0.6) is 0 Å². The van der Waals surface area contributed by atoms with Crippen molar-refractivity contribution in [3.8, 4) is 0 Å². The lowest BCUT2D eigenvalue weighted by Crippen LogP contribution is -2.07. The minimum absolute atomic E-state index is 0.0399. The summed E-state index contributed by atoms with van der Waals surface area (Å²) in [4.78, 5) is 15.0. The number of nitrogens with two attached hydrogens (primary N) is 1. The summed E-state index contributed by atoms with van der Waals surface area (Å²) in [5.41, 5.74) is 6.74. The van der Waals surface area contributed by atoms with Gasteiger partial charge in [0, 0.05) is 15.5 Å². The lowest BCUT2D eigenvalue weighted by atomic mass is 10.2. The summed E-state index contributed by atoms with van der Waals surface area (Å²) in [5, 5.41) is 12.0. The predicted octanol–water partition coefficient (Wildman–Crippen LogP) is 2.71. The van der Waals surface area contributed by atoms with Gasteiger partial charge in [0.05, 0.1) is 11.3 Å². The van der Waals surface area contributed by atoms with Crippen LogP contribution < -0.4 is 11.1 Å². The zero-order chi connectivity index (χ0) is 13.1. The molecule has 0 radical (unpaired) electrons. The number of nitrogen functional groups attached to an aromatic ring is 1. The van der Waals surface area contributed by atoms with Crippen molar-refractivity contribution in [3.63, 3.8) is 0 Å². The van der Waals surface area contributed by atoms with E-state index >= 15 is 0 Å². The second-order valence-electron chi connectivity index (χ2n) is 3.56. The number of hydrogen-bond acceptors (Lipinski definition) is 4. The van der Waals surface area contributed by atoms with Crippen LogP contribution in [0.3, 0.4) is 0 Å². The summed E-state index contributed by atoms with van der Waals surface area (Å²) in [7, 11) is 0. The van der Waals surface area contributed by atoms with E-state index in [4.69, 9.17) is 10.8 Å². The van der Waals surface area contributed by atoms with Gasteiger partial charge in [0.1, 0.15) is 0 Å². The van der Waals surface area contributed by atoms with Crippen molar-refractivity contribution >= 4 is 45.8 Å². The third-order valence-electron chi connectivity index (χ3n) is 2.31. The highest BCUT2D eigenvalue weighted by atomic mass is 127. The molecule has 0 bridgehead atoms. The minimum atomic E-state index is -1.07. The second-order valence-corrected chi connectivity index (χ2v) is 4.81. The number of aromatic carboxylic acids is 1. The largest absolute Gasteiger partial charge is 0.478 e. The Morgan fingerprint density at radius 1 is 1.39 bits per heavy atom. The van der Waals surface area contributed by atoms with E-state index in [1.165, 1.54) is 12.3 Å². The molecule has 0 amide bonds. The summed E-state index contributed by atoms with van der Waals surface area (Å²) in [6.45, 7) is 0. The topological polar surface area (TPSA) is 88.2 Å². The number of carbonyl (C=O) groups is 1. The standard InChI is InChI=1S/C12H10IN3O2/c13-7-2-1-3-8(6-7)16-11-10(14)9(12(17)18)4-5-15-11/h1-6H,14H2,(H,15,16)(H,17,18). The monoisotopic (exact) mass is 355 g/mol. The molecule has 2 rings (SSSR count). The molecule has 1 heterocycles. The van der Waals surface area contributed by atoms with Crippen molar-refractivity contribution in [1.82, 2.24) is 4.98 Å². The van der Waals surface area contributed by atoms with Crippen molar-refractivity contribution in [2.45, 2.75) is 0 Å². The maximum atomic E-state index is 10.9. The average molecular weight is 355 g/mol. The Kier molecular flexibility index (Phi) is 3.66. The summed E-state index contributed by atoms with van der Waals surface area (Å²) < 4.78 is 1.06. The van der Waals surface area contributed by atoms with Gasteiger partial charge in [0.15, 0.2) is 5.82 Å². The molecule has 1 aromatic carbocycles. The normalized spacial score (nSPS) is 10.1. The summed E-state index contributed by atoms with van der Waals surface area (Å²) >= 11 is 2.19. The molecule has 0 aliphatic heterocycles. The summed E-state index contributed by atoms with van der Waals surface area (Å²) in [6, 6.07) is 8.99. The molecular formula is C12H10IN3O2. The first-order valence-electron chi connectivity index (χ1n) is 5.08. The Bertz CT molecular complexity index is 602. The molecule has 0 aliphatic carbocycles. The van der Waals surface area contributed by atoms with Gasteiger partial charge in [-0.05, 0) is 46.9 Å². The third kappa shape index (κ3) is 2.70. The Hall–Kier alpha value is -1.83. The van der Waals surface area contributed by atoms with Crippen LogP contribution in [0.4, 0.5) is 17.2 Å². The fourth-order valence-corrected chi connectivity index (χ4v) is 2.01. The second kappa shape index (κ2) is 5.21. The third-order valence-corrected chi connectivity index (χ3v) is 2.98. The van der Waals surface area contributed by atoms with Gasteiger partial charge in [-0.25, -0.2) is 9.78 Å². The van der Waals surface area contributed by atoms with E-state index in [-0.39, 0.29) is 11.3 Å². The van der Waals surface area contributed by atoms with Crippen LogP contribution in [0.15, 0.2) is 36.5 Å². The van der Waals surface area contributed by atoms with Crippen LogP contribution in [0.2, 0.25) is 0 Å². The Labute approximate surface area is 117 Å². The van der Waals surface area contributed by atoms with Gasteiger partial charge in [-0.2, -0.15) is 0 Å². The highest BCUT2D eigenvalue weighted by Gasteiger charge is 2.12. The molecule has 4 N–H and O–H groups in total. The number of carboxylic acid groups (broad SMARTS) is 1. The molecular weight excluding hydrogens is 345 g/mol. The van der Waals surface area contributed by atoms with Gasteiger partial charge in [-0.3, -0.25) is 0 Å². The number of anilines is 3. The number of rotatable bonds is 3. The zero-order valence-electron chi connectivity index (χ0n) is 9.22. The average Bonchev–Trinajstić information content (AvgIpc) is 2.31. The van der Waals surface area contributed by atoms with Crippen LogP contribution in [0, 0.1) is 3.57 Å². The Morgan fingerprint density at radius 2 is 2.17 bits per heavy atom. The quantitative estimate of drug-likeness (QED) is 0.737. The van der Waals surface area contributed by atoms with Crippen molar-refractivity contribution in [3.05, 3.63) is 45.7 Å². The van der Waals surface area contributed by atoms with Crippen molar-refractivity contribution in [2.75, 3.05) is 11.1 Å². The van der Waals surface area contributed by atoms with Crippen LogP contribution in [-0.4, -0.2) is 16.1 Å². The van der Waals surface area contributed by atoms with Gasteiger partial charge in [0.25, 0.3) is 0 Å². The van der Waals surface area contributed by atoms with Crippen molar-refractivity contribution < 1.29 is 9.90 Å². The predicted molar refractivity (Wildman–Crippen MR) is 78.1 cm³/mol. The minimum Gasteiger partial charge on any atom is -0.478 e. The maximum absolute atomic E-state index is 10.9. The molecule has 18 heavy (non-hydrogen) atoms. The van der Waals surface area contributed by atoms with Crippen molar-refractivity contribution in [1.29, 1.82) is 0 Å². The zero-order valence-corrected chi connectivity index (χ0v) is 11.4. The highest BCUT2D eigenvalue weighted by molar-refractivity contribution is 14.1. The molecule has 0 fully saturated rings. The number of halogens is 1. The summed E-state index contributed by atoms with van der Waals surface area (Å²) in [6.07, 6.45) is 1.41. The molecule has 0 atom stereocenters. The van der Waals surface area contributed by atoms with E-state index in [0.717, 1.165) is 9.26 Å². The molecule has 0 unspecified atom stereocenters. The van der Waals surface area contributed by atoms with E-state index < -0.39 is 5.97 Å². The van der Waals surface area contributed by atoms with Crippen LogP contribution >= 0.6 is 22.6 Å². The number of pyridine rings is 1. The van der Waals surface area contributed by atoms with Gasteiger partial charge in [-0.1, -0.05) is 6.07 Å². The fourth-order valence-electron chi connectivity index (χ4n) is 1.46.